The third-order valence-corrected chi connectivity index (χ3v) is 5.55. The third kappa shape index (κ3) is 6.57. The van der Waals surface area contributed by atoms with Crippen molar-refractivity contribution in [3.8, 4) is 11.5 Å². The Bertz CT molecular complexity index is 1280. The molecule has 0 bridgehead atoms. The maximum absolute atomic E-state index is 12.4. The van der Waals surface area contributed by atoms with E-state index in [-0.39, 0.29) is 27.2 Å². The molecule has 0 saturated carbocycles. The predicted molar refractivity (Wildman–Crippen MR) is 133 cm³/mol. The molecule has 3 aromatic carbocycles. The Morgan fingerprint density at radius 3 is 2.47 bits per heavy atom. The molecule has 0 saturated heterocycles. The molecule has 174 valence electrons. The van der Waals surface area contributed by atoms with Gasteiger partial charge in [0.05, 0.1) is 34.6 Å². The molecule has 0 atom stereocenters. The summed E-state index contributed by atoms with van der Waals surface area (Å²) < 4.78 is 11.4. The fourth-order valence-electron chi connectivity index (χ4n) is 2.62. The highest BCUT2D eigenvalue weighted by molar-refractivity contribution is 9.10. The van der Waals surface area contributed by atoms with Gasteiger partial charge < -0.3 is 14.8 Å². The van der Waals surface area contributed by atoms with Crippen molar-refractivity contribution in [1.82, 2.24) is 5.43 Å². The van der Waals surface area contributed by atoms with Crippen LogP contribution >= 0.6 is 39.1 Å². The lowest BCUT2D eigenvalue weighted by atomic mass is 10.2. The lowest BCUT2D eigenvalue weighted by molar-refractivity contribution is -0.136. The van der Waals surface area contributed by atoms with E-state index in [2.05, 4.69) is 31.8 Å². The van der Waals surface area contributed by atoms with E-state index in [0.717, 1.165) is 4.47 Å². The summed E-state index contributed by atoms with van der Waals surface area (Å²) in [5, 5.41) is 6.45. The summed E-state index contributed by atoms with van der Waals surface area (Å²) in [5.41, 5.74) is 3.17. The lowest BCUT2D eigenvalue weighted by Crippen LogP contribution is -2.32. The van der Waals surface area contributed by atoms with Gasteiger partial charge >= 0.3 is 17.8 Å². The summed E-state index contributed by atoms with van der Waals surface area (Å²) in [7, 11) is 1.42. The summed E-state index contributed by atoms with van der Waals surface area (Å²) in [6.45, 7) is 0. The molecule has 0 aliphatic heterocycles. The number of carbonyl (C=O) groups is 3. The summed E-state index contributed by atoms with van der Waals surface area (Å²) in [6, 6.07) is 16.0. The second-order valence-corrected chi connectivity index (χ2v) is 8.27. The topological polar surface area (TPSA) is 106 Å². The molecule has 0 spiro atoms. The van der Waals surface area contributed by atoms with Crippen molar-refractivity contribution in [3.05, 3.63) is 86.3 Å². The summed E-state index contributed by atoms with van der Waals surface area (Å²) in [4.78, 5) is 36.4. The Morgan fingerprint density at radius 1 is 0.971 bits per heavy atom. The number of hydrazone groups is 1. The number of ether oxygens (including phenoxy) is 2. The molecule has 11 heteroatoms. The Morgan fingerprint density at radius 2 is 1.74 bits per heavy atom. The SMILES string of the molecule is COc1cc(/C=N\NC(=O)C(=O)Nc2cccc(Cl)c2Cl)ccc1OC(=O)c1cccc(Br)c1. The van der Waals surface area contributed by atoms with E-state index in [0.29, 0.717) is 11.1 Å². The molecule has 0 heterocycles. The Labute approximate surface area is 213 Å². The fraction of sp³-hybridized carbons (Fsp3) is 0.0435. The summed E-state index contributed by atoms with van der Waals surface area (Å²) >= 11 is 15.2. The van der Waals surface area contributed by atoms with Gasteiger partial charge in [-0.25, -0.2) is 10.2 Å². The quantitative estimate of drug-likeness (QED) is 0.143. The molecule has 0 aliphatic rings. The van der Waals surface area contributed by atoms with Gasteiger partial charge in [-0.3, -0.25) is 9.59 Å². The number of rotatable bonds is 6. The third-order valence-electron chi connectivity index (χ3n) is 4.24. The molecule has 0 aromatic heterocycles. The molecular formula is C23H16BrCl2N3O5. The first kappa shape index (κ1) is 25.2. The fourth-order valence-corrected chi connectivity index (χ4v) is 3.37. The molecule has 2 amide bonds. The van der Waals surface area contributed by atoms with Crippen molar-refractivity contribution in [1.29, 1.82) is 0 Å². The zero-order valence-corrected chi connectivity index (χ0v) is 20.6. The number of hydrogen-bond acceptors (Lipinski definition) is 6. The number of hydrogen-bond donors (Lipinski definition) is 2. The lowest BCUT2D eigenvalue weighted by Gasteiger charge is -2.10. The minimum Gasteiger partial charge on any atom is -0.493 e. The smallest absolute Gasteiger partial charge is 0.343 e. The zero-order valence-electron chi connectivity index (χ0n) is 17.5. The maximum atomic E-state index is 12.4. The first-order chi connectivity index (χ1) is 16.3. The molecule has 3 rings (SSSR count). The molecule has 8 nitrogen and oxygen atoms in total. The van der Waals surface area contributed by atoms with Crippen LogP contribution < -0.4 is 20.2 Å². The average Bonchev–Trinajstić information content (AvgIpc) is 2.82. The van der Waals surface area contributed by atoms with Gasteiger partial charge in [-0.05, 0) is 54.1 Å². The van der Waals surface area contributed by atoms with Crippen molar-refractivity contribution < 1.29 is 23.9 Å². The van der Waals surface area contributed by atoms with E-state index in [4.69, 9.17) is 32.7 Å². The van der Waals surface area contributed by atoms with Crippen LogP contribution in [0.1, 0.15) is 15.9 Å². The number of halogens is 3. The number of amides is 2. The molecule has 0 unspecified atom stereocenters. The number of esters is 1. The first-order valence-corrected chi connectivity index (χ1v) is 11.1. The van der Waals surface area contributed by atoms with E-state index in [1.807, 2.05) is 0 Å². The number of nitrogens with one attached hydrogen (secondary N) is 2. The van der Waals surface area contributed by atoms with Gasteiger partial charge in [0.1, 0.15) is 0 Å². The highest BCUT2D eigenvalue weighted by Gasteiger charge is 2.16. The van der Waals surface area contributed by atoms with Crippen LogP contribution in [0.5, 0.6) is 11.5 Å². The Kier molecular flexibility index (Phi) is 8.64. The summed E-state index contributed by atoms with van der Waals surface area (Å²) in [5.74, 6) is -2.08. The van der Waals surface area contributed by atoms with Gasteiger partial charge in [-0.2, -0.15) is 5.10 Å². The zero-order chi connectivity index (χ0) is 24.7. The van der Waals surface area contributed by atoms with Gasteiger partial charge in [0.15, 0.2) is 11.5 Å². The molecule has 3 aromatic rings. The van der Waals surface area contributed by atoms with Crippen LogP contribution in [0, 0.1) is 0 Å². The van der Waals surface area contributed by atoms with Crippen LogP contribution in [-0.4, -0.2) is 31.1 Å². The molecule has 0 radical (unpaired) electrons. The van der Waals surface area contributed by atoms with E-state index >= 15 is 0 Å². The van der Waals surface area contributed by atoms with E-state index in [1.54, 1.807) is 48.5 Å². The molecule has 0 fully saturated rings. The highest BCUT2D eigenvalue weighted by atomic mass is 79.9. The van der Waals surface area contributed by atoms with Gasteiger partial charge in [0, 0.05) is 4.47 Å². The monoisotopic (exact) mass is 563 g/mol. The standard InChI is InChI=1S/C23H16BrCl2N3O5/c1-33-19-10-13(8-9-18(19)34-23(32)14-4-2-5-15(24)11-14)12-27-29-22(31)21(30)28-17-7-3-6-16(25)20(17)26/h2-12H,1H3,(H,28,30)(H,29,31)/b27-12-. The number of anilines is 1. The Balaban J connectivity index is 1.62. The number of carbonyl (C=O) groups excluding carboxylic acids is 3. The van der Waals surface area contributed by atoms with Crippen LogP contribution in [0.3, 0.4) is 0 Å². The average molecular weight is 565 g/mol. The van der Waals surface area contributed by atoms with Gasteiger partial charge in [-0.15, -0.1) is 0 Å². The van der Waals surface area contributed by atoms with Gasteiger partial charge in [0.25, 0.3) is 0 Å². The number of benzene rings is 3. The van der Waals surface area contributed by atoms with Crippen LogP contribution in [0.4, 0.5) is 5.69 Å². The van der Waals surface area contributed by atoms with Crippen molar-refractivity contribution in [3.63, 3.8) is 0 Å². The van der Waals surface area contributed by atoms with Crippen LogP contribution in [-0.2, 0) is 9.59 Å². The minimum atomic E-state index is -1.01. The molecule has 0 aliphatic carbocycles. The molecule has 2 N–H and O–H groups in total. The summed E-state index contributed by atoms with van der Waals surface area (Å²) in [6.07, 6.45) is 1.29. The number of methoxy groups -OCH3 is 1. The second kappa shape index (κ2) is 11.6. The first-order valence-electron chi connectivity index (χ1n) is 9.52. The van der Waals surface area contributed by atoms with Crippen LogP contribution in [0.25, 0.3) is 0 Å². The molecular weight excluding hydrogens is 549 g/mol. The van der Waals surface area contributed by atoms with E-state index in [1.165, 1.54) is 25.5 Å². The maximum Gasteiger partial charge on any atom is 0.343 e. The van der Waals surface area contributed by atoms with Crippen LogP contribution in [0.15, 0.2) is 70.2 Å². The van der Waals surface area contributed by atoms with Crippen molar-refractivity contribution in [2.24, 2.45) is 5.10 Å². The van der Waals surface area contributed by atoms with E-state index in [9.17, 15) is 14.4 Å². The van der Waals surface area contributed by atoms with Crippen LogP contribution in [0.2, 0.25) is 10.0 Å². The molecule has 34 heavy (non-hydrogen) atoms. The Hall–Kier alpha value is -3.40. The highest BCUT2D eigenvalue weighted by Crippen LogP contribution is 2.30. The minimum absolute atomic E-state index is 0.113. The predicted octanol–water partition coefficient (Wildman–Crippen LogP) is 5.07. The van der Waals surface area contributed by atoms with E-state index < -0.39 is 17.8 Å². The van der Waals surface area contributed by atoms with Gasteiger partial charge in [0.2, 0.25) is 0 Å². The largest absolute Gasteiger partial charge is 0.493 e. The second-order valence-electron chi connectivity index (χ2n) is 6.56. The normalized spacial score (nSPS) is 10.6. The van der Waals surface area contributed by atoms with Crippen molar-refractivity contribution >= 4 is 68.8 Å². The van der Waals surface area contributed by atoms with Crippen molar-refractivity contribution in [2.75, 3.05) is 12.4 Å². The van der Waals surface area contributed by atoms with Crippen molar-refractivity contribution in [2.45, 2.75) is 0 Å². The number of nitrogens with zero attached hydrogens (tertiary/aromatic N) is 1. The van der Waals surface area contributed by atoms with Gasteiger partial charge in [-0.1, -0.05) is 51.3 Å².